The second kappa shape index (κ2) is 10.9. The van der Waals surface area contributed by atoms with Gasteiger partial charge in [-0.15, -0.1) is 0 Å². The predicted octanol–water partition coefficient (Wildman–Crippen LogP) is 6.82. The van der Waals surface area contributed by atoms with Crippen LogP contribution in [0.4, 0.5) is 0 Å². The van der Waals surface area contributed by atoms with E-state index in [4.69, 9.17) is 18.6 Å². The van der Waals surface area contributed by atoms with E-state index < -0.39 is 14.5 Å². The summed E-state index contributed by atoms with van der Waals surface area (Å²) in [6.45, 7) is 17.2. The number of hydrogen-bond donors (Lipinski definition) is 0. The molecule has 0 aliphatic rings. The van der Waals surface area contributed by atoms with Gasteiger partial charge in [-0.05, 0) is 0 Å². The summed E-state index contributed by atoms with van der Waals surface area (Å²) in [7, 11) is 11.2. The van der Waals surface area contributed by atoms with Gasteiger partial charge in [0, 0.05) is 0 Å². The molecule has 0 unspecified atom stereocenters. The zero-order chi connectivity index (χ0) is 17.4. The Bertz CT molecular complexity index is 520. The monoisotopic (exact) mass is 390 g/mol. The maximum atomic E-state index is 5.59. The molecule has 0 fully saturated rings. The van der Waals surface area contributed by atoms with Crippen LogP contribution in [-0.2, 0) is 14.5 Å². The maximum absolute atomic E-state index is 5.59. The molecular weight excluding hydrogens is 363 g/mol. The largest absolute Gasteiger partial charge is 0.199 e. The van der Waals surface area contributed by atoms with Crippen LogP contribution in [0.5, 0.6) is 0 Å². The van der Waals surface area contributed by atoms with Crippen molar-refractivity contribution in [2.24, 2.45) is 0 Å². The molecule has 124 valence electrons. The third-order valence-corrected chi connectivity index (χ3v) is 17.6. The summed E-state index contributed by atoms with van der Waals surface area (Å²) in [5.74, 6) is 0. The molecule has 2 aromatic carbocycles. The summed E-state index contributed by atoms with van der Waals surface area (Å²) in [6, 6.07) is 8.63. The van der Waals surface area contributed by atoms with Gasteiger partial charge in [-0.25, -0.2) is 0 Å². The van der Waals surface area contributed by atoms with Crippen LogP contribution in [0.1, 0.15) is 33.4 Å². The van der Waals surface area contributed by atoms with Crippen molar-refractivity contribution in [2.75, 3.05) is 0 Å². The van der Waals surface area contributed by atoms with Crippen molar-refractivity contribution in [1.82, 2.24) is 0 Å². The Morgan fingerprint density at radius 1 is 0.773 bits per heavy atom. The van der Waals surface area contributed by atoms with E-state index in [1.807, 2.05) is 0 Å². The Hall–Kier alpha value is 0.211. The summed E-state index contributed by atoms with van der Waals surface area (Å²) in [5, 5.41) is 0. The van der Waals surface area contributed by atoms with Crippen molar-refractivity contribution in [3.63, 3.8) is 0 Å². The van der Waals surface area contributed by atoms with Crippen molar-refractivity contribution in [1.29, 1.82) is 0 Å². The zero-order valence-electron chi connectivity index (χ0n) is 15.1. The second-order valence-electron chi connectivity index (χ2n) is 5.91. The molecule has 0 saturated heterocycles. The molecule has 0 aliphatic heterocycles. The molecule has 2 rings (SSSR count). The first-order valence-corrected chi connectivity index (χ1v) is 16.6. The number of aryl methyl sites for hydroxylation is 4. The first kappa shape index (κ1) is 22.2. The Morgan fingerprint density at radius 2 is 1.05 bits per heavy atom. The fraction of sp³-hybridized carbons (Fsp3) is 0.444. The molecule has 0 aromatic heterocycles. The van der Waals surface area contributed by atoms with Crippen molar-refractivity contribution >= 4 is 24.8 Å². The number of rotatable bonds is 0. The van der Waals surface area contributed by atoms with Crippen LogP contribution in [-0.4, -0.2) is 6.19 Å². The minimum absolute atomic E-state index is 0.254. The molecular formula is C18H28Cl2SiTi-2. The van der Waals surface area contributed by atoms with Crippen molar-refractivity contribution in [3.8, 4) is 0 Å². The van der Waals surface area contributed by atoms with E-state index in [1.165, 1.54) is 33.4 Å². The van der Waals surface area contributed by atoms with Crippen LogP contribution in [0.3, 0.4) is 0 Å². The average molecular weight is 391 g/mol. The molecule has 0 nitrogen and oxygen atoms in total. The molecule has 22 heavy (non-hydrogen) atoms. The fourth-order valence-corrected chi connectivity index (χ4v) is 1.62. The first-order valence-electron chi connectivity index (χ1n) is 7.45. The molecule has 0 bridgehead atoms. The molecule has 2 aromatic rings. The van der Waals surface area contributed by atoms with Crippen molar-refractivity contribution < 1.29 is 14.5 Å². The average Bonchev–Trinajstić information content (AvgIpc) is 2.90. The first-order chi connectivity index (χ1) is 10.1. The smallest absolute Gasteiger partial charge is 0.0632 e. The minimum atomic E-state index is -1.42. The molecule has 0 heterocycles. The number of halogens is 2. The Morgan fingerprint density at radius 3 is 1.09 bits per heavy atom. The summed E-state index contributed by atoms with van der Waals surface area (Å²) in [6.07, 6.45) is -0.254. The Balaban J connectivity index is 0.000000306. The SMILES string of the molecule is C[Si](C)=[Ti]([Cl])[Cl].Cc1c[cH-]c(C)c1C.Cc1c[cH-]c(C)c1C. The van der Waals surface area contributed by atoms with Crippen LogP contribution >= 0.6 is 18.6 Å². The summed E-state index contributed by atoms with van der Waals surface area (Å²) >= 11 is -1.42. The van der Waals surface area contributed by atoms with Gasteiger partial charge in [0.25, 0.3) is 0 Å². The fourth-order valence-electron chi connectivity index (χ4n) is 1.62. The van der Waals surface area contributed by atoms with E-state index in [0.717, 1.165) is 0 Å². The van der Waals surface area contributed by atoms with E-state index in [1.54, 1.807) is 0 Å². The second-order valence-corrected chi connectivity index (χ2v) is 22.0. The molecule has 0 saturated carbocycles. The van der Waals surface area contributed by atoms with Crippen LogP contribution in [0, 0.1) is 41.5 Å². The van der Waals surface area contributed by atoms with Gasteiger partial charge in [-0.2, -0.15) is 57.6 Å². The van der Waals surface area contributed by atoms with Gasteiger partial charge in [0.05, 0.1) is 0 Å². The quantitative estimate of drug-likeness (QED) is 0.341. The van der Waals surface area contributed by atoms with Gasteiger partial charge in [0.1, 0.15) is 0 Å². The Kier molecular flexibility index (Phi) is 11.0. The van der Waals surface area contributed by atoms with Gasteiger partial charge in [-0.1, -0.05) is 41.5 Å². The van der Waals surface area contributed by atoms with E-state index in [-0.39, 0.29) is 6.19 Å². The van der Waals surface area contributed by atoms with Crippen molar-refractivity contribution in [2.45, 2.75) is 54.6 Å². The summed E-state index contributed by atoms with van der Waals surface area (Å²) in [4.78, 5) is 0. The molecule has 0 radical (unpaired) electrons. The van der Waals surface area contributed by atoms with Gasteiger partial charge in [0.15, 0.2) is 0 Å². The molecule has 0 amide bonds. The molecule has 0 spiro atoms. The van der Waals surface area contributed by atoms with Crippen molar-refractivity contribution in [3.05, 3.63) is 57.6 Å². The minimum Gasteiger partial charge on any atom is -0.199 e. The van der Waals surface area contributed by atoms with Gasteiger partial charge >= 0.3 is 52.4 Å². The molecule has 4 heteroatoms. The molecule has 0 aliphatic carbocycles. The topological polar surface area (TPSA) is 0 Å². The van der Waals surface area contributed by atoms with Crippen LogP contribution in [0.2, 0.25) is 13.1 Å². The summed E-state index contributed by atoms with van der Waals surface area (Å²) in [5.41, 5.74) is 8.49. The zero-order valence-corrected chi connectivity index (χ0v) is 19.1. The van der Waals surface area contributed by atoms with E-state index in [9.17, 15) is 0 Å². The maximum Gasteiger partial charge on any atom is -0.0632 e. The Labute approximate surface area is 151 Å². The number of hydrogen-bond acceptors (Lipinski definition) is 0. The van der Waals surface area contributed by atoms with E-state index >= 15 is 0 Å². The van der Waals surface area contributed by atoms with Gasteiger partial charge in [0.2, 0.25) is 0 Å². The van der Waals surface area contributed by atoms with E-state index in [0.29, 0.717) is 0 Å². The molecule has 0 atom stereocenters. The van der Waals surface area contributed by atoms with Crippen LogP contribution in [0.25, 0.3) is 0 Å². The summed E-state index contributed by atoms with van der Waals surface area (Å²) < 4.78 is 0. The standard InChI is InChI=1S/2C8H11.C2H6Si.2ClH.Ti/c2*1-6-4-5-7(2)8(6)3;1-3-2;;;/h2*4-5H,1-3H3;1-2H3;2*1H;/q2*-1;;;;+2/p-2. The van der Waals surface area contributed by atoms with Gasteiger partial charge < -0.3 is 0 Å². The van der Waals surface area contributed by atoms with Crippen LogP contribution in [0.15, 0.2) is 24.3 Å². The van der Waals surface area contributed by atoms with Crippen LogP contribution < -0.4 is 0 Å². The normalized spacial score (nSPS) is 9.36. The van der Waals surface area contributed by atoms with E-state index in [2.05, 4.69) is 78.9 Å². The third kappa shape index (κ3) is 8.17. The van der Waals surface area contributed by atoms with Gasteiger partial charge in [-0.3, -0.25) is 0 Å². The third-order valence-electron chi connectivity index (χ3n) is 3.91. The predicted molar refractivity (Wildman–Crippen MR) is 102 cm³/mol. The molecule has 0 N–H and O–H groups in total.